The molecule has 1 amide bonds. The summed E-state index contributed by atoms with van der Waals surface area (Å²) in [5.74, 6) is -0.197. The third-order valence-electron chi connectivity index (χ3n) is 3.11. The van der Waals surface area contributed by atoms with Crippen LogP contribution < -0.4 is 15.8 Å². The highest BCUT2D eigenvalue weighted by atomic mass is 19.3. The predicted molar refractivity (Wildman–Crippen MR) is 67.3 cm³/mol. The van der Waals surface area contributed by atoms with Crippen molar-refractivity contribution in [1.82, 2.24) is 5.32 Å². The summed E-state index contributed by atoms with van der Waals surface area (Å²) in [5.41, 5.74) is 5.70. The van der Waals surface area contributed by atoms with Crippen LogP contribution in [0.25, 0.3) is 0 Å². The summed E-state index contributed by atoms with van der Waals surface area (Å²) in [7, 11) is 0. The lowest BCUT2D eigenvalue weighted by Gasteiger charge is -2.20. The van der Waals surface area contributed by atoms with Crippen LogP contribution in [0.3, 0.4) is 0 Å². The number of alkyl halides is 2. The Kier molecular flexibility index (Phi) is 4.51. The zero-order valence-electron chi connectivity index (χ0n) is 10.8. The monoisotopic (exact) mass is 286 g/mol. The van der Waals surface area contributed by atoms with Gasteiger partial charge in [-0.1, -0.05) is 12.1 Å². The maximum atomic E-state index is 12.0. The van der Waals surface area contributed by atoms with Crippen molar-refractivity contribution in [2.24, 2.45) is 5.73 Å². The minimum atomic E-state index is -2.85. The van der Waals surface area contributed by atoms with Crippen LogP contribution in [0.2, 0.25) is 0 Å². The van der Waals surface area contributed by atoms with E-state index in [1.807, 2.05) is 0 Å². The molecule has 1 unspecified atom stereocenters. The predicted octanol–water partition coefficient (Wildman–Crippen LogP) is 1.02. The summed E-state index contributed by atoms with van der Waals surface area (Å²) in [5, 5.41) is 2.71. The maximum absolute atomic E-state index is 12.0. The molecule has 0 spiro atoms. The molecular weight excluding hydrogens is 270 g/mol. The van der Waals surface area contributed by atoms with E-state index in [9.17, 15) is 13.6 Å². The SMILES string of the molecule is NC1(C(=O)NCc2ccc(OC(F)F)cc2)CCOC1. The standard InChI is InChI=1S/C13H16F2N2O3/c14-12(15)20-10-3-1-9(2-4-10)7-17-11(18)13(16)5-6-19-8-13/h1-4,12H,5-8,16H2,(H,17,18). The first-order chi connectivity index (χ1) is 9.49. The van der Waals surface area contributed by atoms with Crippen molar-refractivity contribution in [2.45, 2.75) is 25.1 Å². The van der Waals surface area contributed by atoms with E-state index < -0.39 is 12.2 Å². The van der Waals surface area contributed by atoms with Crippen LogP contribution in [-0.2, 0) is 16.1 Å². The van der Waals surface area contributed by atoms with Crippen LogP contribution in [0, 0.1) is 0 Å². The molecule has 110 valence electrons. The van der Waals surface area contributed by atoms with Gasteiger partial charge in [-0.15, -0.1) is 0 Å². The summed E-state index contributed by atoms with van der Waals surface area (Å²) in [6.07, 6.45) is 0.486. The molecule has 1 fully saturated rings. The summed E-state index contributed by atoms with van der Waals surface area (Å²) in [6.45, 7) is -1.89. The highest BCUT2D eigenvalue weighted by Gasteiger charge is 2.37. The van der Waals surface area contributed by atoms with E-state index >= 15 is 0 Å². The number of amides is 1. The number of benzene rings is 1. The molecule has 0 saturated carbocycles. The second-order valence-electron chi connectivity index (χ2n) is 4.66. The fraction of sp³-hybridized carbons (Fsp3) is 0.462. The van der Waals surface area contributed by atoms with Gasteiger partial charge in [0, 0.05) is 13.2 Å². The first-order valence-corrected chi connectivity index (χ1v) is 6.18. The Morgan fingerprint density at radius 1 is 1.45 bits per heavy atom. The summed E-state index contributed by atoms with van der Waals surface area (Å²) in [6, 6.07) is 6.05. The zero-order chi connectivity index (χ0) is 14.6. The van der Waals surface area contributed by atoms with Gasteiger partial charge in [-0.2, -0.15) is 8.78 Å². The van der Waals surface area contributed by atoms with Crippen molar-refractivity contribution in [3.05, 3.63) is 29.8 Å². The number of ether oxygens (including phenoxy) is 2. The number of hydrogen-bond donors (Lipinski definition) is 2. The quantitative estimate of drug-likeness (QED) is 0.847. The van der Waals surface area contributed by atoms with Gasteiger partial charge in [0.2, 0.25) is 5.91 Å². The summed E-state index contributed by atoms with van der Waals surface area (Å²) in [4.78, 5) is 11.9. The van der Waals surface area contributed by atoms with Crippen molar-refractivity contribution in [1.29, 1.82) is 0 Å². The van der Waals surface area contributed by atoms with Gasteiger partial charge in [-0.05, 0) is 24.1 Å². The molecule has 1 aliphatic heterocycles. The zero-order valence-corrected chi connectivity index (χ0v) is 10.8. The molecule has 1 saturated heterocycles. The van der Waals surface area contributed by atoms with E-state index in [1.54, 1.807) is 12.1 Å². The van der Waals surface area contributed by atoms with Gasteiger partial charge in [0.05, 0.1) is 6.61 Å². The Morgan fingerprint density at radius 2 is 2.15 bits per heavy atom. The van der Waals surface area contributed by atoms with Gasteiger partial charge in [0.1, 0.15) is 11.3 Å². The molecule has 0 aromatic heterocycles. The number of hydrogen-bond acceptors (Lipinski definition) is 4. The lowest BCUT2D eigenvalue weighted by Crippen LogP contribution is -2.54. The number of nitrogens with two attached hydrogens (primary N) is 1. The summed E-state index contributed by atoms with van der Waals surface area (Å²) < 4.78 is 33.3. The van der Waals surface area contributed by atoms with E-state index in [1.165, 1.54) is 12.1 Å². The van der Waals surface area contributed by atoms with Gasteiger partial charge in [0.25, 0.3) is 0 Å². The van der Waals surface area contributed by atoms with Gasteiger partial charge < -0.3 is 20.5 Å². The Balaban J connectivity index is 1.86. The van der Waals surface area contributed by atoms with E-state index in [-0.39, 0.29) is 24.8 Å². The second kappa shape index (κ2) is 6.15. The Labute approximate surface area is 115 Å². The lowest BCUT2D eigenvalue weighted by molar-refractivity contribution is -0.126. The molecule has 7 heteroatoms. The first-order valence-electron chi connectivity index (χ1n) is 6.18. The van der Waals surface area contributed by atoms with Crippen LogP contribution in [0.4, 0.5) is 8.78 Å². The average Bonchev–Trinajstić information content (AvgIpc) is 2.85. The smallest absolute Gasteiger partial charge is 0.387 e. The highest BCUT2D eigenvalue weighted by Crippen LogP contribution is 2.17. The fourth-order valence-corrected chi connectivity index (χ4v) is 1.91. The third kappa shape index (κ3) is 3.64. The molecule has 2 rings (SSSR count). The van der Waals surface area contributed by atoms with Gasteiger partial charge in [-0.3, -0.25) is 4.79 Å². The topological polar surface area (TPSA) is 73.6 Å². The Bertz CT molecular complexity index is 459. The Hall–Kier alpha value is -1.73. The lowest BCUT2D eigenvalue weighted by atomic mass is 9.99. The van der Waals surface area contributed by atoms with Gasteiger partial charge in [0.15, 0.2) is 0 Å². The molecule has 1 heterocycles. The van der Waals surface area contributed by atoms with Crippen molar-refractivity contribution in [2.75, 3.05) is 13.2 Å². The molecule has 0 radical (unpaired) electrons. The molecule has 1 aliphatic rings. The normalized spacial score (nSPS) is 22.0. The molecule has 5 nitrogen and oxygen atoms in total. The maximum Gasteiger partial charge on any atom is 0.387 e. The van der Waals surface area contributed by atoms with Crippen molar-refractivity contribution < 1.29 is 23.0 Å². The van der Waals surface area contributed by atoms with Crippen LogP contribution in [-0.4, -0.2) is 31.3 Å². The van der Waals surface area contributed by atoms with Crippen molar-refractivity contribution >= 4 is 5.91 Å². The van der Waals surface area contributed by atoms with E-state index in [4.69, 9.17) is 10.5 Å². The van der Waals surface area contributed by atoms with Crippen molar-refractivity contribution in [3.8, 4) is 5.75 Å². The highest BCUT2D eigenvalue weighted by molar-refractivity contribution is 5.86. The molecule has 20 heavy (non-hydrogen) atoms. The van der Waals surface area contributed by atoms with Crippen LogP contribution >= 0.6 is 0 Å². The number of rotatable bonds is 5. The van der Waals surface area contributed by atoms with Gasteiger partial charge in [-0.25, -0.2) is 0 Å². The molecular formula is C13H16F2N2O3. The fourth-order valence-electron chi connectivity index (χ4n) is 1.91. The Morgan fingerprint density at radius 3 is 2.70 bits per heavy atom. The average molecular weight is 286 g/mol. The minimum absolute atomic E-state index is 0.0783. The first kappa shape index (κ1) is 14.7. The molecule has 1 aromatic carbocycles. The molecule has 1 atom stereocenters. The van der Waals surface area contributed by atoms with E-state index in [2.05, 4.69) is 10.1 Å². The number of halogens is 2. The number of nitrogens with one attached hydrogen (secondary N) is 1. The van der Waals surface area contributed by atoms with Crippen LogP contribution in [0.5, 0.6) is 5.75 Å². The van der Waals surface area contributed by atoms with E-state index in [0.29, 0.717) is 13.0 Å². The molecule has 1 aromatic rings. The third-order valence-corrected chi connectivity index (χ3v) is 3.11. The summed E-state index contributed by atoms with van der Waals surface area (Å²) >= 11 is 0. The largest absolute Gasteiger partial charge is 0.435 e. The van der Waals surface area contributed by atoms with Gasteiger partial charge >= 0.3 is 6.61 Å². The van der Waals surface area contributed by atoms with Crippen LogP contribution in [0.15, 0.2) is 24.3 Å². The number of carbonyl (C=O) groups excluding carboxylic acids is 1. The minimum Gasteiger partial charge on any atom is -0.435 e. The van der Waals surface area contributed by atoms with Crippen LogP contribution in [0.1, 0.15) is 12.0 Å². The number of carbonyl (C=O) groups is 1. The second-order valence-corrected chi connectivity index (χ2v) is 4.66. The molecule has 0 bridgehead atoms. The molecule has 3 N–H and O–H groups in total. The van der Waals surface area contributed by atoms with E-state index in [0.717, 1.165) is 5.56 Å². The molecule has 0 aliphatic carbocycles. The van der Waals surface area contributed by atoms with Crippen molar-refractivity contribution in [3.63, 3.8) is 0 Å².